The fourth-order valence-corrected chi connectivity index (χ4v) is 2.08. The van der Waals surface area contributed by atoms with Gasteiger partial charge in [0.15, 0.2) is 0 Å². The molecule has 0 aliphatic rings. The quantitative estimate of drug-likeness (QED) is 0.774. The zero-order valence-electron chi connectivity index (χ0n) is 11.2. The van der Waals surface area contributed by atoms with Crippen LogP contribution in [-0.2, 0) is 11.2 Å². The van der Waals surface area contributed by atoms with Gasteiger partial charge in [-0.2, -0.15) is 4.98 Å². The van der Waals surface area contributed by atoms with E-state index in [9.17, 15) is 4.79 Å². The van der Waals surface area contributed by atoms with E-state index < -0.39 is 5.97 Å². The number of carbonyl (C=O) groups is 1. The molecule has 6 heteroatoms. The van der Waals surface area contributed by atoms with E-state index >= 15 is 0 Å². The lowest BCUT2D eigenvalue weighted by molar-refractivity contribution is -0.137. The second-order valence-electron chi connectivity index (χ2n) is 4.67. The molecule has 1 N–H and O–H groups in total. The van der Waals surface area contributed by atoms with E-state index in [2.05, 4.69) is 15.1 Å². The summed E-state index contributed by atoms with van der Waals surface area (Å²) in [6.07, 6.45) is 2.79. The number of rotatable bonds is 5. The van der Waals surface area contributed by atoms with E-state index in [4.69, 9.17) is 9.63 Å². The Balaban J connectivity index is 1.79. The molecule has 2 aromatic heterocycles. The van der Waals surface area contributed by atoms with Crippen LogP contribution in [0.5, 0.6) is 0 Å². The predicted molar refractivity (Wildman–Crippen MR) is 75.6 cm³/mol. The lowest BCUT2D eigenvalue weighted by atomic mass is 10.1. The number of carboxylic acid groups (broad SMARTS) is 1. The SMILES string of the molecule is O=C(O)CCCc1nc(-c2ccc3ncccc3c2)no1. The van der Waals surface area contributed by atoms with Crippen molar-refractivity contribution in [2.45, 2.75) is 19.3 Å². The fraction of sp³-hybridized carbons (Fsp3) is 0.200. The molecule has 0 unspecified atom stereocenters. The van der Waals surface area contributed by atoms with Gasteiger partial charge in [0, 0.05) is 30.0 Å². The van der Waals surface area contributed by atoms with Crippen LogP contribution in [-0.4, -0.2) is 26.2 Å². The highest BCUT2D eigenvalue weighted by molar-refractivity contribution is 5.82. The van der Waals surface area contributed by atoms with Crippen LogP contribution in [0.3, 0.4) is 0 Å². The first-order valence-electron chi connectivity index (χ1n) is 6.62. The molecule has 0 amide bonds. The van der Waals surface area contributed by atoms with Crippen LogP contribution in [0.4, 0.5) is 0 Å². The third-order valence-electron chi connectivity index (χ3n) is 3.11. The summed E-state index contributed by atoms with van der Waals surface area (Å²) in [7, 11) is 0. The van der Waals surface area contributed by atoms with Crippen LogP contribution in [0.15, 0.2) is 41.1 Å². The van der Waals surface area contributed by atoms with Gasteiger partial charge in [-0.15, -0.1) is 0 Å². The molecule has 3 rings (SSSR count). The summed E-state index contributed by atoms with van der Waals surface area (Å²) in [5, 5.41) is 13.5. The van der Waals surface area contributed by atoms with Gasteiger partial charge in [-0.3, -0.25) is 9.78 Å². The zero-order chi connectivity index (χ0) is 14.7. The zero-order valence-corrected chi connectivity index (χ0v) is 11.2. The number of nitrogens with zero attached hydrogens (tertiary/aromatic N) is 3. The Kier molecular flexibility index (Phi) is 3.59. The van der Waals surface area contributed by atoms with Crippen molar-refractivity contribution in [1.82, 2.24) is 15.1 Å². The summed E-state index contributed by atoms with van der Waals surface area (Å²) < 4.78 is 5.14. The minimum absolute atomic E-state index is 0.0966. The maximum absolute atomic E-state index is 10.5. The first kappa shape index (κ1) is 13.2. The molecule has 0 fully saturated rings. The van der Waals surface area contributed by atoms with E-state index in [-0.39, 0.29) is 6.42 Å². The molecular weight excluding hydrogens is 270 g/mol. The summed E-state index contributed by atoms with van der Waals surface area (Å²) in [6, 6.07) is 9.60. The third-order valence-corrected chi connectivity index (χ3v) is 3.11. The molecule has 0 atom stereocenters. The van der Waals surface area contributed by atoms with Crippen LogP contribution < -0.4 is 0 Å². The van der Waals surface area contributed by atoms with Crippen LogP contribution >= 0.6 is 0 Å². The summed E-state index contributed by atoms with van der Waals surface area (Å²) in [4.78, 5) is 19.0. The lowest BCUT2D eigenvalue weighted by Gasteiger charge is -1.98. The van der Waals surface area contributed by atoms with Gasteiger partial charge < -0.3 is 9.63 Å². The summed E-state index contributed by atoms with van der Waals surface area (Å²) in [5.74, 6) is 0.139. The number of hydrogen-bond donors (Lipinski definition) is 1. The molecule has 0 bridgehead atoms. The molecule has 0 saturated heterocycles. The number of carboxylic acids is 1. The molecule has 0 saturated carbocycles. The molecule has 106 valence electrons. The second-order valence-corrected chi connectivity index (χ2v) is 4.67. The van der Waals surface area contributed by atoms with Gasteiger partial charge in [0.2, 0.25) is 11.7 Å². The molecule has 0 aliphatic carbocycles. The molecule has 3 aromatic rings. The highest BCUT2D eigenvalue weighted by Crippen LogP contribution is 2.21. The Morgan fingerprint density at radius 3 is 3.05 bits per heavy atom. The summed E-state index contributed by atoms with van der Waals surface area (Å²) in [6.45, 7) is 0. The standard InChI is InChI=1S/C15H13N3O3/c19-14(20)5-1-4-13-17-15(18-21-13)11-6-7-12-10(9-11)3-2-8-16-12/h2-3,6-9H,1,4-5H2,(H,19,20). The van der Waals surface area contributed by atoms with Gasteiger partial charge in [-0.25, -0.2) is 0 Å². The van der Waals surface area contributed by atoms with Crippen molar-refractivity contribution in [3.63, 3.8) is 0 Å². The number of aliphatic carboxylic acids is 1. The monoisotopic (exact) mass is 283 g/mol. The van der Waals surface area contributed by atoms with Crippen molar-refractivity contribution in [3.8, 4) is 11.4 Å². The van der Waals surface area contributed by atoms with E-state index in [0.29, 0.717) is 24.6 Å². The molecule has 0 radical (unpaired) electrons. The van der Waals surface area contributed by atoms with Crippen molar-refractivity contribution in [2.75, 3.05) is 0 Å². The largest absolute Gasteiger partial charge is 0.481 e. The topological polar surface area (TPSA) is 89.1 Å². The number of aryl methyl sites for hydroxylation is 1. The van der Waals surface area contributed by atoms with Crippen molar-refractivity contribution >= 4 is 16.9 Å². The smallest absolute Gasteiger partial charge is 0.303 e. The van der Waals surface area contributed by atoms with Crippen LogP contribution in [0.2, 0.25) is 0 Å². The van der Waals surface area contributed by atoms with Gasteiger partial charge >= 0.3 is 5.97 Å². The second kappa shape index (κ2) is 5.70. The highest BCUT2D eigenvalue weighted by atomic mass is 16.5. The molecule has 2 heterocycles. The van der Waals surface area contributed by atoms with Crippen molar-refractivity contribution in [3.05, 3.63) is 42.4 Å². The van der Waals surface area contributed by atoms with Gasteiger partial charge in [-0.1, -0.05) is 11.2 Å². The minimum Gasteiger partial charge on any atom is -0.481 e. The van der Waals surface area contributed by atoms with E-state index in [1.165, 1.54) is 0 Å². The van der Waals surface area contributed by atoms with Crippen molar-refractivity contribution in [1.29, 1.82) is 0 Å². The molecule has 1 aromatic carbocycles. The van der Waals surface area contributed by atoms with Gasteiger partial charge in [0.1, 0.15) is 0 Å². The Morgan fingerprint density at radius 1 is 1.29 bits per heavy atom. The van der Waals surface area contributed by atoms with Crippen LogP contribution in [0.25, 0.3) is 22.3 Å². The first-order valence-corrected chi connectivity index (χ1v) is 6.62. The van der Waals surface area contributed by atoms with Crippen LogP contribution in [0.1, 0.15) is 18.7 Å². The highest BCUT2D eigenvalue weighted by Gasteiger charge is 2.10. The van der Waals surface area contributed by atoms with E-state index in [1.54, 1.807) is 6.20 Å². The first-order chi connectivity index (χ1) is 10.2. The fourth-order valence-electron chi connectivity index (χ4n) is 2.08. The Morgan fingerprint density at radius 2 is 2.19 bits per heavy atom. The van der Waals surface area contributed by atoms with E-state index in [0.717, 1.165) is 16.5 Å². The van der Waals surface area contributed by atoms with E-state index in [1.807, 2.05) is 30.3 Å². The predicted octanol–water partition coefficient (Wildman–Crippen LogP) is 2.69. The number of aromatic nitrogens is 3. The Bertz CT molecular complexity index is 782. The number of fused-ring (bicyclic) bond motifs is 1. The minimum atomic E-state index is -0.822. The Labute approximate surface area is 120 Å². The number of hydrogen-bond acceptors (Lipinski definition) is 5. The maximum atomic E-state index is 10.5. The van der Waals surface area contributed by atoms with Gasteiger partial charge in [-0.05, 0) is 30.7 Å². The summed E-state index contributed by atoms with van der Waals surface area (Å²) >= 11 is 0. The molecule has 6 nitrogen and oxygen atoms in total. The van der Waals surface area contributed by atoms with Crippen LogP contribution in [0, 0.1) is 0 Å². The average molecular weight is 283 g/mol. The van der Waals surface area contributed by atoms with Gasteiger partial charge in [0.05, 0.1) is 5.52 Å². The molecule has 0 spiro atoms. The Hall–Kier alpha value is -2.76. The third kappa shape index (κ3) is 3.05. The van der Waals surface area contributed by atoms with Gasteiger partial charge in [0.25, 0.3) is 0 Å². The number of benzene rings is 1. The van der Waals surface area contributed by atoms with Crippen molar-refractivity contribution in [2.24, 2.45) is 0 Å². The average Bonchev–Trinajstić information content (AvgIpc) is 2.95. The van der Waals surface area contributed by atoms with Crippen molar-refractivity contribution < 1.29 is 14.4 Å². The summed E-state index contributed by atoms with van der Waals surface area (Å²) in [5.41, 5.74) is 1.76. The molecule has 21 heavy (non-hydrogen) atoms. The maximum Gasteiger partial charge on any atom is 0.303 e. The number of pyridine rings is 1. The lowest BCUT2D eigenvalue weighted by Crippen LogP contribution is -1.95. The molecular formula is C15H13N3O3. The molecule has 0 aliphatic heterocycles. The normalized spacial score (nSPS) is 10.9.